The van der Waals surface area contributed by atoms with E-state index in [0.29, 0.717) is 44.0 Å². The Morgan fingerprint density at radius 2 is 2.00 bits per heavy atom. The van der Waals surface area contributed by atoms with Crippen LogP contribution < -0.4 is 10.1 Å². The standard InChI is InChI=1S/C18H21N3O4/c1-2-25-16-5-3-15(4-6-16)20-17(22)14(11-19)12-21-9-7-13(8-10-21)18(23)24/h3-6,12-13H,2,7-10H2,1H3,(H,20,22)(H,23,24)/b14-12-. The predicted molar refractivity (Wildman–Crippen MR) is 91.9 cm³/mol. The number of benzene rings is 1. The van der Waals surface area contributed by atoms with Gasteiger partial charge in [0.05, 0.1) is 12.5 Å². The molecule has 0 unspecified atom stereocenters. The second-order valence-electron chi connectivity index (χ2n) is 5.71. The van der Waals surface area contributed by atoms with E-state index in [9.17, 15) is 14.9 Å². The van der Waals surface area contributed by atoms with Crippen molar-refractivity contribution in [3.05, 3.63) is 36.0 Å². The number of hydrogen-bond acceptors (Lipinski definition) is 5. The molecule has 1 amide bonds. The number of rotatable bonds is 6. The molecular weight excluding hydrogens is 322 g/mol. The number of carbonyl (C=O) groups is 2. The number of anilines is 1. The van der Waals surface area contributed by atoms with E-state index < -0.39 is 11.9 Å². The number of carbonyl (C=O) groups excluding carboxylic acids is 1. The molecule has 7 nitrogen and oxygen atoms in total. The van der Waals surface area contributed by atoms with Crippen LogP contribution in [0.2, 0.25) is 0 Å². The van der Waals surface area contributed by atoms with E-state index in [1.54, 1.807) is 24.3 Å². The molecule has 7 heteroatoms. The van der Waals surface area contributed by atoms with Gasteiger partial charge in [0.1, 0.15) is 17.4 Å². The molecule has 1 aliphatic heterocycles. The fraction of sp³-hybridized carbons (Fsp3) is 0.389. The zero-order valence-electron chi connectivity index (χ0n) is 14.1. The number of likely N-dealkylation sites (tertiary alicyclic amines) is 1. The van der Waals surface area contributed by atoms with E-state index >= 15 is 0 Å². The lowest BCUT2D eigenvalue weighted by Crippen LogP contribution is -2.33. The van der Waals surface area contributed by atoms with Gasteiger partial charge in [-0.1, -0.05) is 0 Å². The maximum Gasteiger partial charge on any atom is 0.306 e. The highest BCUT2D eigenvalue weighted by Crippen LogP contribution is 2.19. The fourth-order valence-corrected chi connectivity index (χ4v) is 2.60. The molecule has 1 aromatic carbocycles. The van der Waals surface area contributed by atoms with Gasteiger partial charge in [-0.2, -0.15) is 5.26 Å². The molecule has 132 valence electrons. The highest BCUT2D eigenvalue weighted by molar-refractivity contribution is 6.06. The summed E-state index contributed by atoms with van der Waals surface area (Å²) in [5, 5.41) is 20.9. The third-order valence-corrected chi connectivity index (χ3v) is 3.98. The van der Waals surface area contributed by atoms with Gasteiger partial charge < -0.3 is 20.1 Å². The smallest absolute Gasteiger partial charge is 0.306 e. The molecule has 1 fully saturated rings. The molecular formula is C18H21N3O4. The zero-order valence-corrected chi connectivity index (χ0v) is 14.1. The lowest BCUT2D eigenvalue weighted by Gasteiger charge is -2.29. The summed E-state index contributed by atoms with van der Waals surface area (Å²) in [4.78, 5) is 25.0. The van der Waals surface area contributed by atoms with Crippen LogP contribution in [-0.4, -0.2) is 41.6 Å². The molecule has 2 rings (SSSR count). The third-order valence-electron chi connectivity index (χ3n) is 3.98. The number of carboxylic acids is 1. The molecule has 0 bridgehead atoms. The molecule has 0 radical (unpaired) electrons. The number of piperidine rings is 1. The number of nitriles is 1. The molecule has 1 saturated heterocycles. The summed E-state index contributed by atoms with van der Waals surface area (Å²) in [5.41, 5.74) is 0.557. The predicted octanol–water partition coefficient (Wildman–Crippen LogP) is 2.23. The van der Waals surface area contributed by atoms with Crippen LogP contribution in [0.25, 0.3) is 0 Å². The van der Waals surface area contributed by atoms with Crippen molar-refractivity contribution in [3.8, 4) is 11.8 Å². The van der Waals surface area contributed by atoms with Crippen LogP contribution in [0.1, 0.15) is 19.8 Å². The van der Waals surface area contributed by atoms with E-state index in [1.807, 2.05) is 17.9 Å². The van der Waals surface area contributed by atoms with Crippen molar-refractivity contribution >= 4 is 17.6 Å². The minimum Gasteiger partial charge on any atom is -0.494 e. The molecule has 0 aliphatic carbocycles. The van der Waals surface area contributed by atoms with Crippen LogP contribution in [0.4, 0.5) is 5.69 Å². The highest BCUT2D eigenvalue weighted by atomic mass is 16.5. The molecule has 1 aromatic rings. The highest BCUT2D eigenvalue weighted by Gasteiger charge is 2.24. The van der Waals surface area contributed by atoms with Crippen molar-refractivity contribution < 1.29 is 19.4 Å². The maximum absolute atomic E-state index is 12.2. The van der Waals surface area contributed by atoms with E-state index in [1.165, 1.54) is 6.20 Å². The molecule has 0 spiro atoms. The van der Waals surface area contributed by atoms with Gasteiger partial charge in [0.2, 0.25) is 0 Å². The molecule has 25 heavy (non-hydrogen) atoms. The molecule has 0 aromatic heterocycles. The first kappa shape index (κ1) is 18.3. The van der Waals surface area contributed by atoms with Crippen LogP contribution in [0, 0.1) is 17.2 Å². The van der Waals surface area contributed by atoms with Gasteiger partial charge in [-0.3, -0.25) is 9.59 Å². The zero-order chi connectivity index (χ0) is 18.2. The van der Waals surface area contributed by atoms with Gasteiger partial charge in [0.25, 0.3) is 5.91 Å². The quantitative estimate of drug-likeness (QED) is 0.606. The Kier molecular flexibility index (Phi) is 6.40. The van der Waals surface area contributed by atoms with Crippen molar-refractivity contribution in [3.63, 3.8) is 0 Å². The Bertz CT molecular complexity index is 683. The Morgan fingerprint density at radius 1 is 1.36 bits per heavy atom. The first-order valence-corrected chi connectivity index (χ1v) is 8.16. The third kappa shape index (κ3) is 5.24. The lowest BCUT2D eigenvalue weighted by molar-refractivity contribution is -0.143. The van der Waals surface area contributed by atoms with Crippen LogP contribution in [0.5, 0.6) is 5.75 Å². The Labute approximate surface area is 146 Å². The van der Waals surface area contributed by atoms with Gasteiger partial charge >= 0.3 is 5.97 Å². The van der Waals surface area contributed by atoms with Crippen LogP contribution in [0.3, 0.4) is 0 Å². The number of amides is 1. The van der Waals surface area contributed by atoms with Crippen LogP contribution in [-0.2, 0) is 9.59 Å². The average molecular weight is 343 g/mol. The van der Waals surface area contributed by atoms with Gasteiger partial charge in [-0.15, -0.1) is 0 Å². The van der Waals surface area contributed by atoms with Crippen LogP contribution >= 0.6 is 0 Å². The molecule has 1 aliphatic rings. The normalized spacial score (nSPS) is 15.4. The van der Waals surface area contributed by atoms with Crippen molar-refractivity contribution in [2.75, 3.05) is 25.0 Å². The summed E-state index contributed by atoms with van der Waals surface area (Å²) in [6.45, 7) is 3.47. The Balaban J connectivity index is 1.96. The Hall–Kier alpha value is -3.01. The molecule has 0 atom stereocenters. The maximum atomic E-state index is 12.2. The fourth-order valence-electron chi connectivity index (χ4n) is 2.60. The molecule has 1 heterocycles. The number of nitrogens with zero attached hydrogens (tertiary/aromatic N) is 2. The Morgan fingerprint density at radius 3 is 2.52 bits per heavy atom. The van der Waals surface area contributed by atoms with Gasteiger partial charge in [0.15, 0.2) is 0 Å². The average Bonchev–Trinajstić information content (AvgIpc) is 2.62. The van der Waals surface area contributed by atoms with Crippen molar-refractivity contribution in [1.82, 2.24) is 4.90 Å². The minimum atomic E-state index is -0.794. The van der Waals surface area contributed by atoms with E-state index in [-0.39, 0.29) is 11.5 Å². The van der Waals surface area contributed by atoms with E-state index in [2.05, 4.69) is 5.32 Å². The second kappa shape index (κ2) is 8.73. The number of ether oxygens (including phenoxy) is 1. The van der Waals surface area contributed by atoms with Gasteiger partial charge in [-0.05, 0) is 44.0 Å². The summed E-state index contributed by atoms with van der Waals surface area (Å²) < 4.78 is 5.34. The first-order valence-electron chi connectivity index (χ1n) is 8.16. The van der Waals surface area contributed by atoms with Crippen molar-refractivity contribution in [2.45, 2.75) is 19.8 Å². The second-order valence-corrected chi connectivity index (χ2v) is 5.71. The van der Waals surface area contributed by atoms with E-state index in [4.69, 9.17) is 9.84 Å². The van der Waals surface area contributed by atoms with Gasteiger partial charge in [0, 0.05) is 25.0 Å². The first-order chi connectivity index (χ1) is 12.0. The van der Waals surface area contributed by atoms with E-state index in [0.717, 1.165) is 0 Å². The minimum absolute atomic E-state index is 0.0114. The van der Waals surface area contributed by atoms with Gasteiger partial charge in [-0.25, -0.2) is 0 Å². The number of carboxylic acid groups (broad SMARTS) is 1. The van der Waals surface area contributed by atoms with Crippen molar-refractivity contribution in [2.24, 2.45) is 5.92 Å². The summed E-state index contributed by atoms with van der Waals surface area (Å²) >= 11 is 0. The monoisotopic (exact) mass is 343 g/mol. The largest absolute Gasteiger partial charge is 0.494 e. The summed E-state index contributed by atoms with van der Waals surface area (Å²) in [6.07, 6.45) is 2.51. The lowest BCUT2D eigenvalue weighted by atomic mass is 9.97. The van der Waals surface area contributed by atoms with Crippen molar-refractivity contribution in [1.29, 1.82) is 5.26 Å². The molecule has 0 saturated carbocycles. The SMILES string of the molecule is CCOc1ccc(NC(=O)/C(C#N)=C\N2CCC(C(=O)O)CC2)cc1. The summed E-state index contributed by atoms with van der Waals surface area (Å²) in [6, 6.07) is 8.79. The number of hydrogen-bond donors (Lipinski definition) is 2. The summed E-state index contributed by atoms with van der Waals surface area (Å²) in [7, 11) is 0. The number of nitrogens with one attached hydrogen (secondary N) is 1. The number of aliphatic carboxylic acids is 1. The molecule has 2 N–H and O–H groups in total. The van der Waals surface area contributed by atoms with Crippen LogP contribution in [0.15, 0.2) is 36.0 Å². The summed E-state index contributed by atoms with van der Waals surface area (Å²) in [5.74, 6) is -0.935. The topological polar surface area (TPSA) is 103 Å².